The molecule has 1 atom stereocenters. The largest absolute Gasteiger partial charge is 0.495 e. The van der Waals surface area contributed by atoms with E-state index >= 15 is 0 Å². The first-order valence-electron chi connectivity index (χ1n) is 12.2. The Labute approximate surface area is 206 Å². The molecular weight excluding hydrogens is 438 g/mol. The summed E-state index contributed by atoms with van der Waals surface area (Å²) in [7, 11) is 1.63. The van der Waals surface area contributed by atoms with Crippen LogP contribution in [-0.2, 0) is 11.3 Å². The number of nitrogens with zero attached hydrogens (tertiary/aromatic N) is 3. The SMILES string of the molecule is COc1ccccc1N1CC(c2nc3ccccc3n2CCOc2ccccc2C(C)C)CC1=O. The third kappa shape index (κ3) is 4.48. The highest BCUT2D eigenvalue weighted by molar-refractivity contribution is 5.97. The molecule has 1 aliphatic heterocycles. The summed E-state index contributed by atoms with van der Waals surface area (Å²) in [4.78, 5) is 19.9. The zero-order valence-electron chi connectivity index (χ0n) is 20.5. The molecular formula is C29H31N3O3. The number of ether oxygens (including phenoxy) is 2. The summed E-state index contributed by atoms with van der Waals surface area (Å²) < 4.78 is 14.0. The van der Waals surface area contributed by atoms with E-state index in [4.69, 9.17) is 14.5 Å². The smallest absolute Gasteiger partial charge is 0.227 e. The molecule has 0 aliphatic carbocycles. The van der Waals surface area contributed by atoms with Crippen LogP contribution < -0.4 is 14.4 Å². The predicted molar refractivity (Wildman–Crippen MR) is 138 cm³/mol. The van der Waals surface area contributed by atoms with Gasteiger partial charge in [0, 0.05) is 18.9 Å². The van der Waals surface area contributed by atoms with Gasteiger partial charge in [0.15, 0.2) is 0 Å². The highest BCUT2D eigenvalue weighted by Crippen LogP contribution is 2.37. The van der Waals surface area contributed by atoms with Gasteiger partial charge >= 0.3 is 0 Å². The van der Waals surface area contributed by atoms with E-state index in [-0.39, 0.29) is 11.8 Å². The molecule has 0 saturated carbocycles. The Kier molecular flexibility index (Phi) is 6.45. The van der Waals surface area contributed by atoms with E-state index in [2.05, 4.69) is 30.5 Å². The Morgan fingerprint density at radius 2 is 1.69 bits per heavy atom. The highest BCUT2D eigenvalue weighted by Gasteiger charge is 2.35. The number of benzene rings is 3. The normalized spacial score (nSPS) is 15.8. The number of anilines is 1. The van der Waals surface area contributed by atoms with Crippen molar-refractivity contribution in [3.8, 4) is 11.5 Å². The third-order valence-electron chi connectivity index (χ3n) is 6.66. The minimum atomic E-state index is -0.0113. The van der Waals surface area contributed by atoms with Gasteiger partial charge in [-0.05, 0) is 41.8 Å². The van der Waals surface area contributed by atoms with Gasteiger partial charge in [-0.1, -0.05) is 56.3 Å². The molecule has 5 rings (SSSR count). The molecule has 1 fully saturated rings. The van der Waals surface area contributed by atoms with Crippen molar-refractivity contribution in [1.82, 2.24) is 9.55 Å². The van der Waals surface area contributed by atoms with Gasteiger partial charge < -0.3 is 18.9 Å². The maximum Gasteiger partial charge on any atom is 0.227 e. The van der Waals surface area contributed by atoms with Gasteiger partial charge in [-0.3, -0.25) is 4.79 Å². The van der Waals surface area contributed by atoms with Crippen molar-refractivity contribution >= 4 is 22.6 Å². The lowest BCUT2D eigenvalue weighted by molar-refractivity contribution is -0.117. The van der Waals surface area contributed by atoms with Crippen molar-refractivity contribution in [2.24, 2.45) is 0 Å². The van der Waals surface area contributed by atoms with Crippen molar-refractivity contribution < 1.29 is 14.3 Å². The van der Waals surface area contributed by atoms with Gasteiger partial charge in [-0.15, -0.1) is 0 Å². The van der Waals surface area contributed by atoms with E-state index < -0.39 is 0 Å². The second-order valence-electron chi connectivity index (χ2n) is 9.23. The van der Waals surface area contributed by atoms with Gasteiger partial charge in [0.1, 0.15) is 23.9 Å². The van der Waals surface area contributed by atoms with Crippen LogP contribution >= 0.6 is 0 Å². The molecule has 0 radical (unpaired) electrons. The van der Waals surface area contributed by atoms with Crippen molar-refractivity contribution in [2.45, 2.75) is 38.6 Å². The number of fused-ring (bicyclic) bond motifs is 1. The maximum atomic E-state index is 13.1. The van der Waals surface area contributed by atoms with Gasteiger partial charge in [0.05, 0.1) is 30.4 Å². The van der Waals surface area contributed by atoms with Crippen molar-refractivity contribution in [3.05, 3.63) is 84.2 Å². The number of carbonyl (C=O) groups is 1. The number of hydrogen-bond donors (Lipinski definition) is 0. The third-order valence-corrected chi connectivity index (χ3v) is 6.66. The van der Waals surface area contributed by atoms with Gasteiger partial charge in [0.2, 0.25) is 5.91 Å². The molecule has 6 heteroatoms. The quantitative estimate of drug-likeness (QED) is 0.329. The molecule has 1 aliphatic rings. The van der Waals surface area contributed by atoms with E-state index in [9.17, 15) is 4.79 Å². The average Bonchev–Trinajstić information content (AvgIpc) is 3.44. The number of amides is 1. The van der Waals surface area contributed by atoms with E-state index in [1.165, 1.54) is 5.56 Å². The number of methoxy groups -OCH3 is 1. The van der Waals surface area contributed by atoms with Crippen LogP contribution in [0.5, 0.6) is 11.5 Å². The number of aromatic nitrogens is 2. The number of imidazole rings is 1. The topological polar surface area (TPSA) is 56.6 Å². The fourth-order valence-corrected chi connectivity index (χ4v) is 4.94. The molecule has 180 valence electrons. The molecule has 2 heterocycles. The summed E-state index contributed by atoms with van der Waals surface area (Å²) in [5.41, 5.74) is 4.01. The first-order chi connectivity index (χ1) is 17.1. The molecule has 3 aromatic carbocycles. The molecule has 0 spiro atoms. The summed E-state index contributed by atoms with van der Waals surface area (Å²) in [5, 5.41) is 0. The molecule has 4 aromatic rings. The standard InChI is InChI=1S/C29H31N3O3/c1-20(2)22-10-4-8-14-26(22)35-17-16-31-24-12-6-5-11-23(24)30-29(31)21-18-28(33)32(19-21)25-13-7-9-15-27(25)34-3/h4-15,20-21H,16-19H2,1-3H3. The van der Waals surface area contributed by atoms with E-state index in [0.29, 0.717) is 37.8 Å². The summed E-state index contributed by atoms with van der Waals surface area (Å²) in [6.45, 7) is 6.09. The van der Waals surface area contributed by atoms with Crippen molar-refractivity contribution in [3.63, 3.8) is 0 Å². The lowest BCUT2D eigenvalue weighted by Crippen LogP contribution is -2.25. The Morgan fingerprint density at radius 1 is 0.971 bits per heavy atom. The number of rotatable bonds is 8. The summed E-state index contributed by atoms with van der Waals surface area (Å²) in [5.74, 6) is 3.01. The van der Waals surface area contributed by atoms with Crippen LogP contribution in [0.2, 0.25) is 0 Å². The molecule has 0 bridgehead atoms. The lowest BCUT2D eigenvalue weighted by atomic mass is 10.0. The summed E-state index contributed by atoms with van der Waals surface area (Å²) in [6, 6.07) is 24.0. The number of hydrogen-bond acceptors (Lipinski definition) is 4. The molecule has 35 heavy (non-hydrogen) atoms. The minimum absolute atomic E-state index is 0.0113. The van der Waals surface area contributed by atoms with E-state index in [1.807, 2.05) is 65.6 Å². The zero-order chi connectivity index (χ0) is 24.4. The molecule has 1 aromatic heterocycles. The monoisotopic (exact) mass is 469 g/mol. The van der Waals surface area contributed by atoms with Gasteiger partial charge in [-0.25, -0.2) is 4.98 Å². The maximum absolute atomic E-state index is 13.1. The van der Waals surface area contributed by atoms with Crippen LogP contribution in [0.15, 0.2) is 72.8 Å². The molecule has 6 nitrogen and oxygen atoms in total. The van der Waals surface area contributed by atoms with Crippen molar-refractivity contribution in [1.29, 1.82) is 0 Å². The van der Waals surface area contributed by atoms with Crippen LogP contribution in [0.1, 0.15) is 43.5 Å². The van der Waals surface area contributed by atoms with Crippen LogP contribution in [0, 0.1) is 0 Å². The minimum Gasteiger partial charge on any atom is -0.495 e. The molecule has 1 unspecified atom stereocenters. The van der Waals surface area contributed by atoms with E-state index in [1.54, 1.807) is 7.11 Å². The Morgan fingerprint density at radius 3 is 2.49 bits per heavy atom. The highest BCUT2D eigenvalue weighted by atomic mass is 16.5. The van der Waals surface area contributed by atoms with Crippen LogP contribution in [0.25, 0.3) is 11.0 Å². The van der Waals surface area contributed by atoms with Crippen LogP contribution in [-0.4, -0.2) is 35.7 Å². The van der Waals surface area contributed by atoms with E-state index in [0.717, 1.165) is 28.3 Å². The second kappa shape index (κ2) is 9.82. The Balaban J connectivity index is 1.41. The fourth-order valence-electron chi connectivity index (χ4n) is 4.94. The number of carbonyl (C=O) groups excluding carboxylic acids is 1. The predicted octanol–water partition coefficient (Wildman–Crippen LogP) is 5.77. The van der Waals surface area contributed by atoms with Gasteiger partial charge in [0.25, 0.3) is 0 Å². The van der Waals surface area contributed by atoms with Crippen LogP contribution in [0.4, 0.5) is 5.69 Å². The summed E-state index contributed by atoms with van der Waals surface area (Å²) >= 11 is 0. The van der Waals surface area contributed by atoms with Gasteiger partial charge in [-0.2, -0.15) is 0 Å². The first kappa shape index (κ1) is 23.0. The Bertz CT molecular complexity index is 1340. The van der Waals surface area contributed by atoms with Crippen molar-refractivity contribution in [2.75, 3.05) is 25.2 Å². The zero-order valence-corrected chi connectivity index (χ0v) is 20.5. The number of para-hydroxylation sites is 5. The molecule has 1 saturated heterocycles. The Hall–Kier alpha value is -3.80. The summed E-state index contributed by atoms with van der Waals surface area (Å²) in [6.07, 6.45) is 0.415. The first-order valence-corrected chi connectivity index (χ1v) is 12.2. The van der Waals surface area contributed by atoms with Crippen LogP contribution in [0.3, 0.4) is 0 Å². The molecule has 1 amide bonds. The lowest BCUT2D eigenvalue weighted by Gasteiger charge is -2.20. The molecule has 0 N–H and O–H groups in total. The average molecular weight is 470 g/mol. The fraction of sp³-hybridized carbons (Fsp3) is 0.310. The second-order valence-corrected chi connectivity index (χ2v) is 9.23.